The van der Waals surface area contributed by atoms with Crippen LogP contribution >= 0.6 is 15.9 Å². The van der Waals surface area contributed by atoms with Gasteiger partial charge in [-0.2, -0.15) is 0 Å². The Balaban J connectivity index is 1.61. The topological polar surface area (TPSA) is 15.8 Å². The molecule has 0 unspecified atom stereocenters. The molecule has 0 saturated heterocycles. The number of hydrogen-bond acceptors (Lipinski definition) is 0. The summed E-state index contributed by atoms with van der Waals surface area (Å²) in [5, 5.41) is 2.53. The van der Waals surface area contributed by atoms with E-state index < -0.39 is 0 Å². The lowest BCUT2D eigenvalue weighted by Gasteiger charge is -2.30. The molecule has 1 spiro atoms. The van der Waals surface area contributed by atoms with Crippen molar-refractivity contribution in [1.29, 1.82) is 0 Å². The van der Waals surface area contributed by atoms with Gasteiger partial charge in [-0.25, -0.2) is 0 Å². The lowest BCUT2D eigenvalue weighted by Crippen LogP contribution is -2.25. The zero-order valence-electron chi connectivity index (χ0n) is 17.7. The molecule has 1 aromatic heterocycles. The first-order chi connectivity index (χ1) is 16.3. The predicted molar refractivity (Wildman–Crippen MR) is 140 cm³/mol. The summed E-state index contributed by atoms with van der Waals surface area (Å²) >= 11 is 3.66. The molecule has 1 N–H and O–H groups in total. The minimum atomic E-state index is -0.287. The normalized spacial score (nSPS) is 14.5. The van der Waals surface area contributed by atoms with Gasteiger partial charge < -0.3 is 4.98 Å². The van der Waals surface area contributed by atoms with Crippen LogP contribution in [0.1, 0.15) is 22.3 Å². The van der Waals surface area contributed by atoms with Gasteiger partial charge in [-0.1, -0.05) is 101 Å². The number of aromatic amines is 1. The molecule has 2 aliphatic rings. The van der Waals surface area contributed by atoms with Crippen molar-refractivity contribution in [2.24, 2.45) is 0 Å². The van der Waals surface area contributed by atoms with Crippen molar-refractivity contribution in [2.75, 3.05) is 0 Å². The highest BCUT2D eigenvalue weighted by Gasteiger charge is 2.51. The molecule has 154 valence electrons. The lowest BCUT2D eigenvalue weighted by molar-refractivity contribution is 0.794. The van der Waals surface area contributed by atoms with Gasteiger partial charge in [0.1, 0.15) is 0 Å². The van der Waals surface area contributed by atoms with Crippen LogP contribution in [0.5, 0.6) is 0 Å². The maximum Gasteiger partial charge on any atom is 0.0726 e. The fraction of sp³-hybridized carbons (Fsp3) is 0.0323. The van der Waals surface area contributed by atoms with Gasteiger partial charge in [0.15, 0.2) is 0 Å². The smallest absolute Gasteiger partial charge is 0.0726 e. The molecule has 0 atom stereocenters. The second-order valence-corrected chi connectivity index (χ2v) is 10.0. The van der Waals surface area contributed by atoms with Gasteiger partial charge in [0.2, 0.25) is 0 Å². The highest BCUT2D eigenvalue weighted by molar-refractivity contribution is 9.10. The van der Waals surface area contributed by atoms with E-state index in [4.69, 9.17) is 0 Å². The van der Waals surface area contributed by atoms with Crippen LogP contribution in [-0.2, 0) is 5.41 Å². The predicted octanol–water partition coefficient (Wildman–Crippen LogP) is 8.43. The summed E-state index contributed by atoms with van der Waals surface area (Å²) in [6, 6.07) is 38.1. The van der Waals surface area contributed by atoms with Crippen molar-refractivity contribution in [3.63, 3.8) is 0 Å². The maximum absolute atomic E-state index is 3.78. The van der Waals surface area contributed by atoms with Crippen LogP contribution in [0.25, 0.3) is 44.1 Å². The monoisotopic (exact) mass is 483 g/mol. The number of rotatable bonds is 0. The van der Waals surface area contributed by atoms with E-state index in [0.29, 0.717) is 0 Å². The van der Waals surface area contributed by atoms with E-state index in [9.17, 15) is 0 Å². The Bertz CT molecular complexity index is 1740. The van der Waals surface area contributed by atoms with E-state index in [1.165, 1.54) is 66.3 Å². The molecule has 0 bridgehead atoms. The Morgan fingerprint density at radius 1 is 0.545 bits per heavy atom. The van der Waals surface area contributed by atoms with E-state index in [-0.39, 0.29) is 5.41 Å². The molecule has 6 aromatic rings. The van der Waals surface area contributed by atoms with E-state index in [0.717, 1.165) is 4.47 Å². The second-order valence-electron chi connectivity index (χ2n) is 9.11. The summed E-state index contributed by atoms with van der Waals surface area (Å²) in [5.74, 6) is 0. The molecule has 8 rings (SSSR count). The fourth-order valence-corrected chi connectivity index (χ4v) is 6.88. The third-order valence-corrected chi connectivity index (χ3v) is 8.19. The number of H-pyrrole nitrogens is 1. The molecule has 5 aromatic carbocycles. The minimum absolute atomic E-state index is 0.287. The first-order valence-corrected chi connectivity index (χ1v) is 12.1. The molecule has 1 nitrogen and oxygen atoms in total. The van der Waals surface area contributed by atoms with Crippen LogP contribution in [0.4, 0.5) is 0 Å². The number of aromatic nitrogens is 1. The van der Waals surface area contributed by atoms with Crippen LogP contribution in [0.3, 0.4) is 0 Å². The second kappa shape index (κ2) is 6.03. The minimum Gasteiger partial charge on any atom is -0.354 e. The highest BCUT2D eigenvalue weighted by atomic mass is 79.9. The third kappa shape index (κ3) is 2.00. The number of benzene rings is 5. The Labute approximate surface area is 199 Å². The summed E-state index contributed by atoms with van der Waals surface area (Å²) in [6.45, 7) is 0. The van der Waals surface area contributed by atoms with Gasteiger partial charge in [-0.05, 0) is 57.1 Å². The molecular formula is C31H18BrN. The number of fused-ring (bicyclic) bond motifs is 14. The molecule has 1 heterocycles. The third-order valence-electron chi connectivity index (χ3n) is 7.69. The molecule has 2 aliphatic carbocycles. The van der Waals surface area contributed by atoms with E-state index >= 15 is 0 Å². The average Bonchev–Trinajstić information content (AvgIpc) is 3.47. The molecular weight excluding hydrogens is 466 g/mol. The highest BCUT2D eigenvalue weighted by Crippen LogP contribution is 2.63. The maximum atomic E-state index is 3.78. The van der Waals surface area contributed by atoms with Crippen molar-refractivity contribution in [3.05, 3.63) is 130 Å². The van der Waals surface area contributed by atoms with E-state index in [1.807, 2.05) is 0 Å². The van der Waals surface area contributed by atoms with Crippen LogP contribution in [0.15, 0.2) is 108 Å². The molecule has 0 fully saturated rings. The molecule has 0 radical (unpaired) electrons. The van der Waals surface area contributed by atoms with Gasteiger partial charge in [-0.15, -0.1) is 0 Å². The number of halogens is 1. The van der Waals surface area contributed by atoms with Gasteiger partial charge in [0.05, 0.1) is 10.9 Å². The molecule has 2 heteroatoms. The largest absolute Gasteiger partial charge is 0.354 e. The standard InChI is InChI=1S/C31H18BrN/c32-18-13-16-28-23(17-18)21-14-15-27-29(30(21)33-28)22-9-3-6-12-26(22)31(27)24-10-4-1-7-19(24)20-8-2-5-11-25(20)31/h1-17,33H. The van der Waals surface area contributed by atoms with Crippen molar-refractivity contribution >= 4 is 37.7 Å². The van der Waals surface area contributed by atoms with Crippen molar-refractivity contribution in [3.8, 4) is 22.3 Å². The summed E-state index contributed by atoms with van der Waals surface area (Å²) in [4.78, 5) is 3.78. The van der Waals surface area contributed by atoms with Crippen molar-refractivity contribution in [1.82, 2.24) is 4.98 Å². The van der Waals surface area contributed by atoms with Crippen molar-refractivity contribution < 1.29 is 0 Å². The van der Waals surface area contributed by atoms with Gasteiger partial charge in [-0.3, -0.25) is 0 Å². The summed E-state index contributed by atoms with van der Waals surface area (Å²) in [7, 11) is 0. The molecule has 0 saturated carbocycles. The molecule has 33 heavy (non-hydrogen) atoms. The van der Waals surface area contributed by atoms with Crippen LogP contribution in [-0.4, -0.2) is 4.98 Å². The van der Waals surface area contributed by atoms with Crippen molar-refractivity contribution in [2.45, 2.75) is 5.41 Å². The number of nitrogens with one attached hydrogen (secondary N) is 1. The Kier molecular flexibility index (Phi) is 3.27. The SMILES string of the molecule is Brc1ccc2[nH]c3c4c(ccc3c2c1)C1(c2ccccc2-c2ccccc21)c1ccccc1-4. The Hall–Kier alpha value is -3.62. The Morgan fingerprint density at radius 2 is 1.15 bits per heavy atom. The van der Waals surface area contributed by atoms with Crippen LogP contribution < -0.4 is 0 Å². The van der Waals surface area contributed by atoms with Crippen LogP contribution in [0.2, 0.25) is 0 Å². The van der Waals surface area contributed by atoms with Gasteiger partial charge >= 0.3 is 0 Å². The quantitative estimate of drug-likeness (QED) is 0.222. The van der Waals surface area contributed by atoms with E-state index in [2.05, 4.69) is 124 Å². The molecule has 0 aliphatic heterocycles. The fourth-order valence-electron chi connectivity index (χ4n) is 6.52. The summed E-state index contributed by atoms with van der Waals surface area (Å²) in [6.07, 6.45) is 0. The first-order valence-electron chi connectivity index (χ1n) is 11.3. The summed E-state index contributed by atoms with van der Waals surface area (Å²) < 4.78 is 1.10. The first kappa shape index (κ1) is 17.9. The lowest BCUT2D eigenvalue weighted by atomic mass is 9.70. The Morgan fingerprint density at radius 3 is 1.85 bits per heavy atom. The van der Waals surface area contributed by atoms with Crippen LogP contribution in [0, 0.1) is 0 Å². The number of hydrogen-bond donors (Lipinski definition) is 1. The average molecular weight is 484 g/mol. The van der Waals surface area contributed by atoms with Gasteiger partial charge in [0, 0.05) is 26.3 Å². The zero-order chi connectivity index (χ0) is 21.7. The van der Waals surface area contributed by atoms with Gasteiger partial charge in [0.25, 0.3) is 0 Å². The van der Waals surface area contributed by atoms with E-state index in [1.54, 1.807) is 0 Å². The molecule has 0 amide bonds. The zero-order valence-corrected chi connectivity index (χ0v) is 19.3. The summed E-state index contributed by atoms with van der Waals surface area (Å²) in [5.41, 5.74) is 13.0.